The highest BCUT2D eigenvalue weighted by Gasteiger charge is 2.40. The fourth-order valence-electron chi connectivity index (χ4n) is 8.62. The zero-order chi connectivity index (χ0) is 43.8. The van der Waals surface area contributed by atoms with E-state index in [2.05, 4.69) is 102 Å². The molecule has 0 bridgehead atoms. The number of para-hydroxylation sites is 1. The molecule has 1 aliphatic rings. The summed E-state index contributed by atoms with van der Waals surface area (Å²) < 4.78 is 56.8. The average Bonchev–Trinajstić information content (AvgIpc) is 3.98. The van der Waals surface area contributed by atoms with Crippen LogP contribution < -0.4 is 4.90 Å². The van der Waals surface area contributed by atoms with Crippen LogP contribution in [0.25, 0.3) is 75.1 Å². The fraction of sp³-hybridized carbons (Fsp3) is 0.0545. The highest BCUT2D eigenvalue weighted by molar-refractivity contribution is 7.26. The van der Waals surface area contributed by atoms with Crippen LogP contribution in [0.15, 0.2) is 200 Å². The molecule has 2 heterocycles. The topological polar surface area (TPSA) is 3.24 Å². The molecule has 0 atom stereocenters. The van der Waals surface area contributed by atoms with Crippen LogP contribution in [-0.2, 0) is 5.41 Å². The van der Waals surface area contributed by atoms with Crippen molar-refractivity contribution in [3.8, 4) is 54.9 Å². The van der Waals surface area contributed by atoms with Crippen LogP contribution in [0, 0.1) is 0 Å². The summed E-state index contributed by atoms with van der Waals surface area (Å²) in [7, 11) is 0. The average molecular weight is 784 g/mol. The van der Waals surface area contributed by atoms with Crippen molar-refractivity contribution in [3.05, 3.63) is 211 Å². The summed E-state index contributed by atoms with van der Waals surface area (Å²) >= 11 is 3.12. The Balaban J connectivity index is 1.06. The summed E-state index contributed by atoms with van der Waals surface area (Å²) in [5.41, 5.74) is 9.07. The minimum absolute atomic E-state index is 0.308. The predicted molar refractivity (Wildman–Crippen MR) is 251 cm³/mol. The maximum atomic E-state index is 9.04. The Hall–Kier alpha value is -6.52. The van der Waals surface area contributed by atoms with Gasteiger partial charge in [-0.15, -0.1) is 22.7 Å². The van der Waals surface area contributed by atoms with E-state index in [-0.39, 0.29) is 0 Å². The molecule has 0 fully saturated rings. The van der Waals surface area contributed by atoms with Crippen LogP contribution in [0.2, 0.25) is 0 Å². The summed E-state index contributed by atoms with van der Waals surface area (Å²) in [4.78, 5) is 3.44. The van der Waals surface area contributed by atoms with Crippen molar-refractivity contribution in [2.75, 3.05) is 4.90 Å². The van der Waals surface area contributed by atoms with Gasteiger partial charge in [-0.1, -0.05) is 165 Å². The molecule has 58 heavy (non-hydrogen) atoms. The highest BCUT2D eigenvalue weighted by Crippen LogP contribution is 2.59. The van der Waals surface area contributed by atoms with Gasteiger partial charge in [0, 0.05) is 71.8 Å². The quantitative estimate of drug-likeness (QED) is 0.156. The largest absolute Gasteiger partial charge is 0.310 e. The minimum Gasteiger partial charge on any atom is -0.310 e. The first kappa shape index (κ1) is 28.8. The number of fused-ring (bicyclic) bond motifs is 6. The molecule has 0 unspecified atom stereocenters. The lowest BCUT2D eigenvalue weighted by Crippen LogP contribution is -2.13. The van der Waals surface area contributed by atoms with E-state index in [0.29, 0.717) is 21.6 Å². The lowest BCUT2D eigenvalue weighted by molar-refractivity contribution is 0.674. The second-order valence-electron chi connectivity index (χ2n) is 14.8. The zero-order valence-electron chi connectivity index (χ0n) is 37.3. The van der Waals surface area contributed by atoms with Gasteiger partial charge in [-0.25, -0.2) is 0 Å². The van der Waals surface area contributed by atoms with Crippen LogP contribution >= 0.6 is 22.7 Å². The lowest BCUT2D eigenvalue weighted by Gasteiger charge is -2.26. The van der Waals surface area contributed by atoms with Gasteiger partial charge < -0.3 is 4.90 Å². The second kappa shape index (κ2) is 13.8. The van der Waals surface area contributed by atoms with Crippen molar-refractivity contribution in [2.24, 2.45) is 0 Å². The third-order valence-electron chi connectivity index (χ3n) is 11.3. The molecule has 2 aromatic heterocycles. The smallest absolute Gasteiger partial charge is 0.0467 e. The molecule has 1 nitrogen and oxygen atoms in total. The van der Waals surface area contributed by atoms with Gasteiger partial charge in [0.15, 0.2) is 0 Å². The van der Waals surface area contributed by atoms with Gasteiger partial charge in [0.05, 0.1) is 0 Å². The number of hydrogen-bond donors (Lipinski definition) is 0. The maximum absolute atomic E-state index is 9.04. The van der Waals surface area contributed by atoms with Crippen LogP contribution in [0.5, 0.6) is 0 Å². The summed E-state index contributed by atoms with van der Waals surface area (Å²) in [5.74, 6) is 0. The van der Waals surface area contributed by atoms with E-state index in [1.165, 1.54) is 37.1 Å². The summed E-state index contributed by atoms with van der Waals surface area (Å²) in [6, 6.07) is 67.9. The number of hydrogen-bond acceptors (Lipinski definition) is 3. The first-order chi connectivity index (χ1) is 31.0. The molecule has 0 amide bonds. The normalized spacial score (nSPS) is 14.8. The molecule has 1 aliphatic carbocycles. The molecule has 8 aromatic carbocycles. The van der Waals surface area contributed by atoms with Gasteiger partial charge in [-0.3, -0.25) is 0 Å². The monoisotopic (exact) mass is 783 g/mol. The Kier molecular flexibility index (Phi) is 6.88. The molecule has 0 aliphatic heterocycles. The molecule has 276 valence electrons. The summed E-state index contributed by atoms with van der Waals surface area (Å²) in [5, 5.41) is 2.54. The Morgan fingerprint density at radius 3 is 1.81 bits per heavy atom. The number of nitrogens with zero attached hydrogens (tertiary/aromatic N) is 1. The summed E-state index contributed by atoms with van der Waals surface area (Å²) in [6.07, 6.45) is 0. The van der Waals surface area contributed by atoms with Crippen molar-refractivity contribution >= 4 is 59.9 Å². The third kappa shape index (κ3) is 5.65. The van der Waals surface area contributed by atoms with E-state index in [0.717, 1.165) is 55.3 Å². The van der Waals surface area contributed by atoms with E-state index in [9.17, 15) is 0 Å². The van der Waals surface area contributed by atoms with Crippen LogP contribution in [0.3, 0.4) is 0 Å². The van der Waals surface area contributed by atoms with Crippen molar-refractivity contribution in [1.82, 2.24) is 0 Å². The van der Waals surface area contributed by atoms with E-state index in [1.54, 1.807) is 6.07 Å². The molecule has 0 radical (unpaired) electrons. The van der Waals surface area contributed by atoms with Gasteiger partial charge in [0.25, 0.3) is 0 Å². The van der Waals surface area contributed by atoms with Crippen molar-refractivity contribution in [2.45, 2.75) is 19.1 Å². The fourth-order valence-corrected chi connectivity index (χ4v) is 11.2. The Bertz CT molecular complexity index is 3340. The second-order valence-corrected chi connectivity index (χ2v) is 16.9. The Morgan fingerprint density at radius 2 is 1.03 bits per heavy atom. The van der Waals surface area contributed by atoms with Gasteiger partial charge in [-0.2, -0.15) is 0 Å². The molecule has 0 N–H and O–H groups in total. The zero-order valence-corrected chi connectivity index (χ0v) is 32.9. The van der Waals surface area contributed by atoms with Crippen molar-refractivity contribution < 1.29 is 8.22 Å². The SMILES string of the molecule is [2H]C([2H])([2H])C1(C([2H])([2H])[2H])c2ccc(-c3cccc(N(c4ccccc4)c4ccc(-c5cccc6c5sc5ccccc56)cc4)c3)cc2-c2c1sc(-c1ccccc1)c2-c1ccccc1. The highest BCUT2D eigenvalue weighted by atomic mass is 32.1. The molecule has 0 saturated heterocycles. The number of anilines is 3. The maximum Gasteiger partial charge on any atom is 0.0467 e. The van der Waals surface area contributed by atoms with Crippen molar-refractivity contribution in [1.29, 1.82) is 0 Å². The first-order valence-corrected chi connectivity index (χ1v) is 21.1. The standard InChI is InChI=1S/C55H39NS2/c1-55(2)48-33-30-40(35-47(48)51-50(37-16-6-3-7-17-37)52(58-54(51)55)38-18-8-4-9-19-38)39-20-14-23-43(34-39)56(41-21-10-5-11-22-41)42-31-28-36(29-32-42)44-25-15-26-46-45-24-12-13-27-49(45)57-53(44)46/h3-35H,1-2H3/i1D3,2D3. The lowest BCUT2D eigenvalue weighted by atomic mass is 9.86. The molecule has 0 spiro atoms. The number of thiophene rings is 2. The predicted octanol–water partition coefficient (Wildman–Crippen LogP) is 16.6. The van der Waals surface area contributed by atoms with Crippen LogP contribution in [0.4, 0.5) is 17.1 Å². The van der Waals surface area contributed by atoms with Crippen LogP contribution in [-0.4, -0.2) is 0 Å². The third-order valence-corrected chi connectivity index (χ3v) is 13.9. The van der Waals surface area contributed by atoms with E-state index >= 15 is 0 Å². The van der Waals surface area contributed by atoms with Crippen LogP contribution in [0.1, 0.15) is 32.4 Å². The molecule has 11 rings (SSSR count). The van der Waals surface area contributed by atoms with Gasteiger partial charge in [0.1, 0.15) is 0 Å². The van der Waals surface area contributed by atoms with Gasteiger partial charge in [-0.05, 0) is 93.0 Å². The minimum atomic E-state index is -2.89. The number of rotatable bonds is 7. The van der Waals surface area contributed by atoms with Gasteiger partial charge in [0.2, 0.25) is 0 Å². The first-order valence-electron chi connectivity index (χ1n) is 22.4. The van der Waals surface area contributed by atoms with Crippen molar-refractivity contribution in [3.63, 3.8) is 0 Å². The molecule has 10 aromatic rings. The molecular weight excluding hydrogens is 739 g/mol. The Labute approximate surface area is 356 Å². The van der Waals surface area contributed by atoms with E-state index in [4.69, 9.17) is 8.22 Å². The molecular formula is C55H39NS2. The number of benzene rings is 8. The molecule has 0 saturated carbocycles. The summed E-state index contributed by atoms with van der Waals surface area (Å²) in [6.45, 7) is -5.77. The van der Waals surface area contributed by atoms with E-state index < -0.39 is 19.1 Å². The Morgan fingerprint density at radius 1 is 0.431 bits per heavy atom. The van der Waals surface area contributed by atoms with Gasteiger partial charge >= 0.3 is 0 Å². The molecule has 3 heteroatoms. The van der Waals surface area contributed by atoms with E-state index in [1.807, 2.05) is 108 Å².